The van der Waals surface area contributed by atoms with Gasteiger partial charge in [0.15, 0.2) is 11.5 Å². The zero-order valence-corrected chi connectivity index (χ0v) is 14.0. The van der Waals surface area contributed by atoms with Gasteiger partial charge in [-0.3, -0.25) is 4.79 Å². The molecule has 1 aromatic rings. The largest absolute Gasteiger partial charge is 0.503 e. The maximum Gasteiger partial charge on any atom is 0.222 e. The highest BCUT2D eigenvalue weighted by Crippen LogP contribution is 2.34. The molecule has 23 heavy (non-hydrogen) atoms. The Hall–Kier alpha value is -1.95. The van der Waals surface area contributed by atoms with Crippen LogP contribution in [0.2, 0.25) is 0 Å². The van der Waals surface area contributed by atoms with Crippen LogP contribution in [-0.4, -0.2) is 60.1 Å². The number of nitrogen functional groups attached to an aromatic ring is 1. The maximum atomic E-state index is 12.3. The van der Waals surface area contributed by atoms with E-state index in [1.807, 2.05) is 11.8 Å². The van der Waals surface area contributed by atoms with Crippen molar-refractivity contribution in [3.8, 4) is 11.5 Å². The first-order chi connectivity index (χ1) is 11.0. The number of hydrogen-bond donors (Lipinski definition) is 2. The predicted octanol–water partition coefficient (Wildman–Crippen LogP) is 1.47. The van der Waals surface area contributed by atoms with Gasteiger partial charge in [-0.15, -0.1) is 0 Å². The number of carbonyl (C=O) groups is 1. The van der Waals surface area contributed by atoms with E-state index < -0.39 is 0 Å². The number of hydrogen-bond acceptors (Lipinski definition) is 5. The van der Waals surface area contributed by atoms with E-state index in [4.69, 9.17) is 10.5 Å². The first-order valence-corrected chi connectivity index (χ1v) is 8.29. The van der Waals surface area contributed by atoms with Gasteiger partial charge < -0.3 is 25.4 Å². The van der Waals surface area contributed by atoms with E-state index in [2.05, 4.69) is 11.8 Å². The second kappa shape index (κ2) is 8.06. The van der Waals surface area contributed by atoms with E-state index >= 15 is 0 Å². The zero-order valence-electron chi connectivity index (χ0n) is 14.0. The zero-order chi connectivity index (χ0) is 16.8. The second-order valence-corrected chi connectivity index (χ2v) is 5.78. The fraction of sp³-hybridized carbons (Fsp3) is 0.588. The first-order valence-electron chi connectivity index (χ1n) is 8.29. The van der Waals surface area contributed by atoms with Gasteiger partial charge in [-0.25, -0.2) is 0 Å². The summed E-state index contributed by atoms with van der Waals surface area (Å²) in [5, 5.41) is 9.85. The van der Waals surface area contributed by atoms with E-state index in [0.29, 0.717) is 25.2 Å². The van der Waals surface area contributed by atoms with Crippen molar-refractivity contribution in [2.45, 2.75) is 26.7 Å². The third-order valence-electron chi connectivity index (χ3n) is 4.26. The molecule has 1 amide bonds. The van der Waals surface area contributed by atoms with Crippen molar-refractivity contribution in [1.29, 1.82) is 0 Å². The predicted molar refractivity (Wildman–Crippen MR) is 90.7 cm³/mol. The molecule has 0 unspecified atom stereocenters. The molecule has 0 aliphatic carbocycles. The summed E-state index contributed by atoms with van der Waals surface area (Å²) in [6, 6.07) is 3.47. The number of phenols is 1. The van der Waals surface area contributed by atoms with Crippen molar-refractivity contribution >= 4 is 11.6 Å². The topological polar surface area (TPSA) is 79.0 Å². The molecule has 3 N–H and O–H groups in total. The molecule has 0 radical (unpaired) electrons. The van der Waals surface area contributed by atoms with Crippen LogP contribution in [0.5, 0.6) is 11.5 Å². The van der Waals surface area contributed by atoms with Crippen LogP contribution in [0.1, 0.15) is 25.8 Å². The minimum atomic E-state index is -0.0300. The summed E-state index contributed by atoms with van der Waals surface area (Å²) in [5.41, 5.74) is 6.99. The Morgan fingerprint density at radius 3 is 2.57 bits per heavy atom. The Kier molecular flexibility index (Phi) is 6.10. The van der Waals surface area contributed by atoms with E-state index in [-0.39, 0.29) is 17.3 Å². The van der Waals surface area contributed by atoms with E-state index in [9.17, 15) is 9.90 Å². The number of likely N-dealkylation sites (N-methyl/N-ethyl adjacent to an activating group) is 1. The van der Waals surface area contributed by atoms with Crippen LogP contribution in [-0.2, 0) is 11.2 Å². The summed E-state index contributed by atoms with van der Waals surface area (Å²) in [7, 11) is 0. The number of amides is 1. The number of ether oxygens (including phenoxy) is 1. The number of nitrogens with zero attached hydrogens (tertiary/aromatic N) is 2. The van der Waals surface area contributed by atoms with Gasteiger partial charge in [0.2, 0.25) is 5.91 Å². The van der Waals surface area contributed by atoms with Gasteiger partial charge in [-0.1, -0.05) is 6.92 Å². The van der Waals surface area contributed by atoms with Gasteiger partial charge in [0.1, 0.15) is 0 Å². The first kappa shape index (κ1) is 17.4. The minimum absolute atomic E-state index is 0.0300. The van der Waals surface area contributed by atoms with Crippen LogP contribution in [0.15, 0.2) is 12.1 Å². The van der Waals surface area contributed by atoms with Gasteiger partial charge in [0.05, 0.1) is 12.3 Å². The number of carbonyl (C=O) groups excluding carboxylic acids is 1. The smallest absolute Gasteiger partial charge is 0.222 e. The van der Waals surface area contributed by atoms with Crippen molar-refractivity contribution in [3.05, 3.63) is 17.7 Å². The molecule has 0 saturated carbocycles. The molecule has 1 saturated heterocycles. The Balaban J connectivity index is 1.91. The Bertz CT molecular complexity index is 540. The third kappa shape index (κ3) is 4.51. The summed E-state index contributed by atoms with van der Waals surface area (Å²) in [5.74, 6) is 0.523. The number of aromatic hydroxyl groups is 1. The molecule has 0 aromatic heterocycles. The van der Waals surface area contributed by atoms with Crippen molar-refractivity contribution in [2.24, 2.45) is 0 Å². The summed E-state index contributed by atoms with van der Waals surface area (Å²) in [6.07, 6.45) is 1.04. The monoisotopic (exact) mass is 321 g/mol. The molecular weight excluding hydrogens is 294 g/mol. The Labute approximate surface area is 137 Å². The summed E-state index contributed by atoms with van der Waals surface area (Å²) < 4.78 is 5.37. The van der Waals surface area contributed by atoms with Crippen LogP contribution < -0.4 is 10.5 Å². The lowest BCUT2D eigenvalue weighted by atomic mass is 10.1. The minimum Gasteiger partial charge on any atom is -0.503 e. The van der Waals surface area contributed by atoms with E-state index in [1.165, 1.54) is 0 Å². The molecule has 0 bridgehead atoms. The lowest BCUT2D eigenvalue weighted by Gasteiger charge is -2.34. The molecule has 1 heterocycles. The van der Waals surface area contributed by atoms with Gasteiger partial charge in [0.25, 0.3) is 0 Å². The molecule has 1 fully saturated rings. The Morgan fingerprint density at radius 2 is 1.96 bits per heavy atom. The Morgan fingerprint density at radius 1 is 1.26 bits per heavy atom. The number of piperazine rings is 1. The second-order valence-electron chi connectivity index (χ2n) is 5.78. The highest BCUT2D eigenvalue weighted by molar-refractivity contribution is 5.76. The van der Waals surface area contributed by atoms with Crippen LogP contribution >= 0.6 is 0 Å². The quantitative estimate of drug-likeness (QED) is 0.613. The van der Waals surface area contributed by atoms with Crippen molar-refractivity contribution in [3.63, 3.8) is 0 Å². The maximum absolute atomic E-state index is 12.3. The van der Waals surface area contributed by atoms with Crippen LogP contribution in [0, 0.1) is 0 Å². The normalized spacial score (nSPS) is 15.7. The molecule has 2 rings (SSSR count). The molecule has 0 spiro atoms. The summed E-state index contributed by atoms with van der Waals surface area (Å²) in [6.45, 7) is 8.98. The molecule has 1 aliphatic rings. The van der Waals surface area contributed by atoms with E-state index in [1.54, 1.807) is 12.1 Å². The standard InChI is InChI=1S/C17H27N3O3/c1-3-19-7-9-20(10-8-19)16(21)6-5-13-11-14(18)17(22)15(12-13)23-4-2/h11-12,22H,3-10,18H2,1-2H3. The third-order valence-corrected chi connectivity index (χ3v) is 4.26. The van der Waals surface area contributed by atoms with Gasteiger partial charge in [-0.05, 0) is 37.6 Å². The fourth-order valence-electron chi connectivity index (χ4n) is 2.82. The number of rotatable bonds is 6. The molecule has 1 aliphatic heterocycles. The number of nitrogens with two attached hydrogens (primary N) is 1. The molecule has 6 nitrogen and oxygen atoms in total. The highest BCUT2D eigenvalue weighted by atomic mass is 16.5. The summed E-state index contributed by atoms with van der Waals surface area (Å²) in [4.78, 5) is 16.6. The fourth-order valence-corrected chi connectivity index (χ4v) is 2.82. The van der Waals surface area contributed by atoms with Crippen molar-refractivity contribution < 1.29 is 14.6 Å². The SMILES string of the molecule is CCOc1cc(CCC(=O)N2CCN(CC)CC2)cc(N)c1O. The van der Waals surface area contributed by atoms with Crippen LogP contribution in [0.25, 0.3) is 0 Å². The molecule has 0 atom stereocenters. The van der Waals surface area contributed by atoms with Crippen molar-refractivity contribution in [2.75, 3.05) is 45.1 Å². The number of anilines is 1. The molecule has 128 valence electrons. The number of benzene rings is 1. The number of aryl methyl sites for hydroxylation is 1. The molecule has 6 heteroatoms. The van der Waals surface area contributed by atoms with E-state index in [0.717, 1.165) is 38.3 Å². The lowest BCUT2D eigenvalue weighted by Crippen LogP contribution is -2.48. The van der Waals surface area contributed by atoms with Crippen molar-refractivity contribution in [1.82, 2.24) is 9.80 Å². The molecule has 1 aromatic carbocycles. The lowest BCUT2D eigenvalue weighted by molar-refractivity contribution is -0.132. The average molecular weight is 321 g/mol. The van der Waals surface area contributed by atoms with Gasteiger partial charge in [-0.2, -0.15) is 0 Å². The van der Waals surface area contributed by atoms with Gasteiger partial charge in [0, 0.05) is 32.6 Å². The highest BCUT2D eigenvalue weighted by Gasteiger charge is 2.20. The average Bonchev–Trinajstić information content (AvgIpc) is 2.57. The van der Waals surface area contributed by atoms with Gasteiger partial charge >= 0.3 is 0 Å². The van der Waals surface area contributed by atoms with Crippen LogP contribution in [0.3, 0.4) is 0 Å². The molecular formula is C17H27N3O3. The summed E-state index contributed by atoms with van der Waals surface area (Å²) >= 11 is 0. The number of phenolic OH excluding ortho intramolecular Hbond substituents is 1. The van der Waals surface area contributed by atoms with Crippen LogP contribution in [0.4, 0.5) is 5.69 Å².